The number of carboxylic acids is 1. The number of hydrogen-bond donors (Lipinski definition) is 2. The molecule has 0 radical (unpaired) electrons. The van der Waals surface area contributed by atoms with Gasteiger partial charge in [-0.15, -0.1) is 0 Å². The molecular weight excluding hydrogens is 372 g/mol. The van der Waals surface area contributed by atoms with Crippen LogP contribution in [0, 0.1) is 28.6 Å². The summed E-state index contributed by atoms with van der Waals surface area (Å²) < 4.78 is 12.3. The molecule has 0 spiro atoms. The van der Waals surface area contributed by atoms with E-state index in [9.17, 15) is 19.8 Å². The minimum atomic E-state index is -1.44. The first-order valence-corrected chi connectivity index (χ1v) is 10.7. The summed E-state index contributed by atoms with van der Waals surface area (Å²) in [5.74, 6) is -1.74. The minimum Gasteiger partial charge on any atom is -0.479 e. The number of rotatable bonds is 1. The Balaban J connectivity index is 1.59. The van der Waals surface area contributed by atoms with Crippen LogP contribution in [0.5, 0.6) is 0 Å². The number of ether oxygens (including phenoxy) is 2. The van der Waals surface area contributed by atoms with E-state index in [-0.39, 0.29) is 29.0 Å². The van der Waals surface area contributed by atoms with E-state index >= 15 is 0 Å². The lowest BCUT2D eigenvalue weighted by Gasteiger charge is -2.59. The van der Waals surface area contributed by atoms with Gasteiger partial charge in [0, 0.05) is 16.7 Å². The Morgan fingerprint density at radius 1 is 1.24 bits per heavy atom. The van der Waals surface area contributed by atoms with E-state index in [0.29, 0.717) is 12.8 Å². The molecule has 2 N–H and O–H groups in total. The molecule has 1 saturated heterocycles. The van der Waals surface area contributed by atoms with E-state index in [2.05, 4.69) is 6.92 Å². The smallest absolute Gasteiger partial charge is 0.339 e. The molecule has 0 amide bonds. The Labute approximate surface area is 170 Å². The molecule has 6 nitrogen and oxygen atoms in total. The van der Waals surface area contributed by atoms with Gasteiger partial charge in [0.25, 0.3) is 0 Å². The number of aliphatic hydroxyl groups is 1. The maximum atomic E-state index is 12.6. The molecule has 5 aliphatic rings. The molecule has 4 aliphatic carbocycles. The molecule has 29 heavy (non-hydrogen) atoms. The topological polar surface area (TPSA) is 93.1 Å². The third kappa shape index (κ3) is 2.23. The van der Waals surface area contributed by atoms with Gasteiger partial charge in [-0.2, -0.15) is 0 Å². The Morgan fingerprint density at radius 3 is 2.66 bits per heavy atom. The van der Waals surface area contributed by atoms with Crippen LogP contribution in [0.2, 0.25) is 0 Å². The van der Waals surface area contributed by atoms with Gasteiger partial charge in [0.1, 0.15) is 6.10 Å². The molecule has 1 heterocycles. The van der Waals surface area contributed by atoms with E-state index in [1.54, 1.807) is 26.0 Å². The highest BCUT2D eigenvalue weighted by Gasteiger charge is 2.77. The molecule has 0 aromatic heterocycles. The van der Waals surface area contributed by atoms with E-state index < -0.39 is 35.0 Å². The van der Waals surface area contributed by atoms with Crippen LogP contribution in [0.4, 0.5) is 0 Å². The second kappa shape index (κ2) is 5.59. The van der Waals surface area contributed by atoms with Crippen LogP contribution in [-0.2, 0) is 19.1 Å². The SMILES string of the molecule is CC1(C)O[C@@H]2C[C@@H]3[C@@H]4CCC5=CC(=O)C=C[C@]5(C)[C@@H]4[C@@H](O)C[C@]3(C)[C@]2(C(=O)O)O1. The van der Waals surface area contributed by atoms with Gasteiger partial charge in [-0.05, 0) is 63.5 Å². The number of carbonyl (C=O) groups is 2. The van der Waals surface area contributed by atoms with Crippen LogP contribution in [0.25, 0.3) is 0 Å². The molecular formula is C23H30O6. The highest BCUT2D eigenvalue weighted by Crippen LogP contribution is 2.70. The van der Waals surface area contributed by atoms with Gasteiger partial charge in [-0.25, -0.2) is 4.79 Å². The Hall–Kier alpha value is -1.50. The second-order valence-corrected chi connectivity index (χ2v) is 10.6. The van der Waals surface area contributed by atoms with Crippen molar-refractivity contribution in [2.45, 2.75) is 77.0 Å². The van der Waals surface area contributed by atoms with Gasteiger partial charge in [-0.3, -0.25) is 4.79 Å². The van der Waals surface area contributed by atoms with Crippen molar-refractivity contribution in [3.05, 3.63) is 23.8 Å². The highest BCUT2D eigenvalue weighted by atomic mass is 16.8. The monoisotopic (exact) mass is 402 g/mol. The van der Waals surface area contributed by atoms with Crippen molar-refractivity contribution in [1.29, 1.82) is 0 Å². The van der Waals surface area contributed by atoms with Crippen molar-refractivity contribution >= 4 is 11.8 Å². The molecule has 5 rings (SSSR count). The van der Waals surface area contributed by atoms with Gasteiger partial charge in [0.15, 0.2) is 17.2 Å². The van der Waals surface area contributed by atoms with Crippen LogP contribution in [0.1, 0.15) is 53.4 Å². The van der Waals surface area contributed by atoms with Crippen molar-refractivity contribution in [1.82, 2.24) is 0 Å². The summed E-state index contributed by atoms with van der Waals surface area (Å²) in [6, 6.07) is 0. The number of allylic oxidation sites excluding steroid dienone is 4. The van der Waals surface area contributed by atoms with Crippen molar-refractivity contribution in [3.63, 3.8) is 0 Å². The van der Waals surface area contributed by atoms with Gasteiger partial charge < -0.3 is 19.7 Å². The fourth-order valence-corrected chi connectivity index (χ4v) is 7.79. The third-order valence-corrected chi connectivity index (χ3v) is 8.81. The van der Waals surface area contributed by atoms with Crippen LogP contribution in [0.3, 0.4) is 0 Å². The lowest BCUT2D eigenvalue weighted by Crippen LogP contribution is -2.63. The van der Waals surface area contributed by atoms with Gasteiger partial charge in [0.05, 0.1) is 6.10 Å². The largest absolute Gasteiger partial charge is 0.479 e. The molecule has 0 aromatic rings. The van der Waals surface area contributed by atoms with Crippen molar-refractivity contribution in [2.75, 3.05) is 0 Å². The maximum Gasteiger partial charge on any atom is 0.339 e. The molecule has 3 saturated carbocycles. The van der Waals surface area contributed by atoms with Crippen molar-refractivity contribution in [3.8, 4) is 0 Å². The average molecular weight is 402 g/mol. The summed E-state index contributed by atoms with van der Waals surface area (Å²) in [6.07, 6.45) is 6.73. The summed E-state index contributed by atoms with van der Waals surface area (Å²) in [5, 5.41) is 21.7. The quantitative estimate of drug-likeness (QED) is 0.701. The summed E-state index contributed by atoms with van der Waals surface area (Å²) >= 11 is 0. The molecule has 1 aliphatic heterocycles. The summed E-state index contributed by atoms with van der Waals surface area (Å²) in [5.41, 5.74) is -1.44. The van der Waals surface area contributed by atoms with Crippen molar-refractivity contribution in [2.24, 2.45) is 28.6 Å². The lowest BCUT2D eigenvalue weighted by molar-refractivity contribution is -0.232. The first-order valence-electron chi connectivity index (χ1n) is 10.7. The Kier molecular flexibility index (Phi) is 3.75. The average Bonchev–Trinajstić information content (AvgIpc) is 3.02. The number of carboxylic acid groups (broad SMARTS) is 1. The second-order valence-electron chi connectivity index (χ2n) is 10.6. The highest BCUT2D eigenvalue weighted by molar-refractivity contribution is 6.01. The van der Waals surface area contributed by atoms with Crippen LogP contribution in [-0.4, -0.2) is 45.6 Å². The number of carbonyl (C=O) groups excluding carboxylic acids is 1. The van der Waals surface area contributed by atoms with Gasteiger partial charge >= 0.3 is 5.97 Å². The van der Waals surface area contributed by atoms with Gasteiger partial charge in [0.2, 0.25) is 0 Å². The summed E-state index contributed by atoms with van der Waals surface area (Å²) in [4.78, 5) is 24.5. The number of aliphatic hydroxyl groups excluding tert-OH is 1. The summed E-state index contributed by atoms with van der Waals surface area (Å²) in [7, 11) is 0. The standard InChI is InChI=1S/C23H30O6/c1-20(2)28-17-10-15-14-6-5-12-9-13(24)7-8-21(12,3)18(14)16(25)11-22(15,4)23(17,29-20)19(26)27/h7-9,14-18,25H,5-6,10-11H2,1-4H3,(H,26,27)/t14-,15+,16-,17+,18-,21-,22-,23-/m0/s1. The summed E-state index contributed by atoms with van der Waals surface area (Å²) in [6.45, 7) is 7.62. The normalized spacial score (nSPS) is 52.2. The maximum absolute atomic E-state index is 12.6. The first-order chi connectivity index (χ1) is 13.4. The number of ketones is 1. The predicted octanol–water partition coefficient (Wildman–Crippen LogP) is 2.85. The van der Waals surface area contributed by atoms with E-state index in [1.807, 2.05) is 13.0 Å². The molecule has 0 bridgehead atoms. The molecule has 158 valence electrons. The van der Waals surface area contributed by atoms with Gasteiger partial charge in [-0.1, -0.05) is 25.5 Å². The molecule has 6 heteroatoms. The molecule has 4 fully saturated rings. The zero-order chi connectivity index (χ0) is 21.0. The zero-order valence-electron chi connectivity index (χ0n) is 17.5. The fourth-order valence-electron chi connectivity index (χ4n) is 7.79. The lowest BCUT2D eigenvalue weighted by atomic mass is 9.46. The minimum absolute atomic E-state index is 0.00956. The first kappa shape index (κ1) is 19.5. The zero-order valence-corrected chi connectivity index (χ0v) is 17.5. The molecule has 0 unspecified atom stereocenters. The molecule has 0 aromatic carbocycles. The predicted molar refractivity (Wildman–Crippen MR) is 104 cm³/mol. The number of hydrogen-bond acceptors (Lipinski definition) is 5. The van der Waals surface area contributed by atoms with E-state index in [1.165, 1.54) is 0 Å². The van der Waals surface area contributed by atoms with Crippen LogP contribution >= 0.6 is 0 Å². The fraction of sp³-hybridized carbons (Fsp3) is 0.739. The number of aliphatic carboxylic acids is 1. The Morgan fingerprint density at radius 2 is 1.97 bits per heavy atom. The van der Waals surface area contributed by atoms with E-state index in [0.717, 1.165) is 18.4 Å². The number of fused-ring (bicyclic) bond motifs is 7. The van der Waals surface area contributed by atoms with Crippen LogP contribution < -0.4 is 0 Å². The van der Waals surface area contributed by atoms with E-state index in [4.69, 9.17) is 9.47 Å². The van der Waals surface area contributed by atoms with Crippen LogP contribution in [0.15, 0.2) is 23.8 Å². The Bertz CT molecular complexity index is 857. The third-order valence-electron chi connectivity index (χ3n) is 8.81. The van der Waals surface area contributed by atoms with Crippen molar-refractivity contribution < 1.29 is 29.3 Å². The molecule has 8 atom stereocenters.